The molecule has 0 aliphatic carbocycles. The molecule has 0 bridgehead atoms. The molecule has 0 unspecified atom stereocenters. The van der Waals surface area contributed by atoms with E-state index < -0.39 is 15.8 Å². The number of amides is 1. The van der Waals surface area contributed by atoms with Crippen molar-refractivity contribution in [3.05, 3.63) is 67.1 Å². The Morgan fingerprint density at radius 1 is 1.07 bits per heavy atom. The van der Waals surface area contributed by atoms with E-state index in [0.29, 0.717) is 10.1 Å². The van der Waals surface area contributed by atoms with Gasteiger partial charge in [0.25, 0.3) is 17.3 Å². The molecule has 0 fully saturated rings. The van der Waals surface area contributed by atoms with Crippen LogP contribution in [0.15, 0.2) is 41.5 Å². The van der Waals surface area contributed by atoms with E-state index in [1.165, 1.54) is 44.6 Å². The zero-order chi connectivity index (χ0) is 21.8. The summed E-state index contributed by atoms with van der Waals surface area (Å²) in [5, 5.41) is 26.5. The van der Waals surface area contributed by atoms with E-state index in [1.54, 1.807) is 6.07 Å². The molecule has 30 heavy (non-hydrogen) atoms. The minimum Gasteiger partial charge on any atom is -0.493 e. The van der Waals surface area contributed by atoms with Crippen molar-refractivity contribution < 1.29 is 24.1 Å². The second-order valence-electron chi connectivity index (χ2n) is 5.81. The molecular formula is C18H14N4O7S. The number of nitrogens with one attached hydrogen (secondary N) is 1. The lowest BCUT2D eigenvalue weighted by Crippen LogP contribution is -2.16. The van der Waals surface area contributed by atoms with E-state index in [-0.39, 0.29) is 33.3 Å². The van der Waals surface area contributed by atoms with Crippen molar-refractivity contribution in [2.45, 2.75) is 0 Å². The maximum atomic E-state index is 12.3. The summed E-state index contributed by atoms with van der Waals surface area (Å²) >= 11 is 1.14. The van der Waals surface area contributed by atoms with Crippen LogP contribution in [-0.4, -0.2) is 36.2 Å². The number of nitrogens with zero attached hydrogens (tertiary/aromatic N) is 3. The van der Waals surface area contributed by atoms with Gasteiger partial charge in [-0.2, -0.15) is 5.10 Å². The van der Waals surface area contributed by atoms with Gasteiger partial charge in [-0.05, 0) is 18.2 Å². The summed E-state index contributed by atoms with van der Waals surface area (Å²) in [7, 11) is 2.74. The topological polar surface area (TPSA) is 146 Å². The molecule has 1 amide bonds. The minimum absolute atomic E-state index is 0.0777. The third-order valence-electron chi connectivity index (χ3n) is 4.03. The van der Waals surface area contributed by atoms with Crippen LogP contribution in [0.3, 0.4) is 0 Å². The lowest BCUT2D eigenvalue weighted by atomic mass is 10.1. The summed E-state index contributed by atoms with van der Waals surface area (Å²) in [6.07, 6.45) is 1.12. The molecule has 1 aromatic heterocycles. The molecule has 0 aliphatic heterocycles. The van der Waals surface area contributed by atoms with Gasteiger partial charge < -0.3 is 9.47 Å². The summed E-state index contributed by atoms with van der Waals surface area (Å²) < 4.78 is 10.9. The molecule has 0 radical (unpaired) electrons. The predicted octanol–water partition coefficient (Wildman–Crippen LogP) is 3.50. The van der Waals surface area contributed by atoms with Crippen molar-refractivity contribution in [1.82, 2.24) is 5.43 Å². The monoisotopic (exact) mass is 430 g/mol. The fraction of sp³-hybridized carbons (Fsp3) is 0.111. The van der Waals surface area contributed by atoms with Crippen LogP contribution in [0.4, 0.5) is 11.4 Å². The number of hydrogen-bond donors (Lipinski definition) is 1. The van der Waals surface area contributed by atoms with Crippen LogP contribution in [0.25, 0.3) is 10.1 Å². The van der Waals surface area contributed by atoms with Crippen molar-refractivity contribution in [3.63, 3.8) is 0 Å². The van der Waals surface area contributed by atoms with Crippen LogP contribution in [0.5, 0.6) is 11.5 Å². The molecule has 12 heteroatoms. The number of nitro benzene ring substituents is 2. The third-order valence-corrected chi connectivity index (χ3v) is 5.15. The van der Waals surface area contributed by atoms with Crippen LogP contribution < -0.4 is 14.9 Å². The smallest absolute Gasteiger partial charge is 0.282 e. The average molecular weight is 430 g/mol. The summed E-state index contributed by atoms with van der Waals surface area (Å²) in [4.78, 5) is 33.7. The summed E-state index contributed by atoms with van der Waals surface area (Å²) in [5.74, 6) is -0.107. The van der Waals surface area contributed by atoms with Crippen LogP contribution in [-0.2, 0) is 0 Å². The van der Waals surface area contributed by atoms with Crippen molar-refractivity contribution in [3.8, 4) is 11.5 Å². The van der Waals surface area contributed by atoms with Gasteiger partial charge in [-0.15, -0.1) is 11.3 Å². The first-order chi connectivity index (χ1) is 14.3. The van der Waals surface area contributed by atoms with Crippen LogP contribution >= 0.6 is 11.3 Å². The Morgan fingerprint density at radius 3 is 2.40 bits per heavy atom. The van der Waals surface area contributed by atoms with Gasteiger partial charge >= 0.3 is 0 Å². The van der Waals surface area contributed by atoms with Gasteiger partial charge in [0.1, 0.15) is 0 Å². The molecule has 0 atom stereocenters. The van der Waals surface area contributed by atoms with Crippen LogP contribution in [0.1, 0.15) is 15.2 Å². The summed E-state index contributed by atoms with van der Waals surface area (Å²) in [6.45, 7) is 0. The van der Waals surface area contributed by atoms with Crippen LogP contribution in [0, 0.1) is 20.2 Å². The van der Waals surface area contributed by atoms with Gasteiger partial charge in [0.15, 0.2) is 11.5 Å². The highest BCUT2D eigenvalue weighted by atomic mass is 32.1. The Labute approximate surface area is 172 Å². The first-order valence-electron chi connectivity index (χ1n) is 8.26. The van der Waals surface area contributed by atoms with E-state index in [4.69, 9.17) is 9.47 Å². The molecule has 0 saturated carbocycles. The zero-order valence-electron chi connectivity index (χ0n) is 15.6. The number of non-ortho nitro benzene ring substituents is 1. The first kappa shape index (κ1) is 20.7. The number of methoxy groups -OCH3 is 2. The van der Waals surface area contributed by atoms with Crippen molar-refractivity contribution in [2.24, 2.45) is 5.10 Å². The Morgan fingerprint density at radius 2 is 1.77 bits per heavy atom. The highest BCUT2D eigenvalue weighted by Gasteiger charge is 2.19. The van der Waals surface area contributed by atoms with Gasteiger partial charge in [-0.25, -0.2) is 5.43 Å². The maximum Gasteiger partial charge on any atom is 0.282 e. The number of benzene rings is 2. The van der Waals surface area contributed by atoms with Gasteiger partial charge in [0, 0.05) is 22.2 Å². The molecule has 1 heterocycles. The van der Waals surface area contributed by atoms with Gasteiger partial charge in [-0.1, -0.05) is 0 Å². The Kier molecular flexibility index (Phi) is 5.88. The van der Waals surface area contributed by atoms with E-state index in [2.05, 4.69) is 10.5 Å². The fourth-order valence-electron chi connectivity index (χ4n) is 2.62. The van der Waals surface area contributed by atoms with Crippen molar-refractivity contribution >= 4 is 44.9 Å². The largest absolute Gasteiger partial charge is 0.493 e. The highest BCUT2D eigenvalue weighted by molar-refractivity contribution is 7.20. The summed E-state index contributed by atoms with van der Waals surface area (Å²) in [6, 6.07) is 8.36. The number of rotatable bonds is 7. The van der Waals surface area contributed by atoms with E-state index >= 15 is 0 Å². The minimum atomic E-state index is -0.607. The average Bonchev–Trinajstić information content (AvgIpc) is 3.16. The Balaban J connectivity index is 1.82. The standard InChI is InChI=1S/C18H14N4O7S/c1-28-14-6-11(13(22(26)27)8-15(14)29-2)9-19-20-18(23)17-7-10-5-12(21(24)25)3-4-16(10)30-17/h3-9H,1-2H3,(H,20,23). The second-order valence-corrected chi connectivity index (χ2v) is 6.90. The van der Waals surface area contributed by atoms with E-state index in [1.807, 2.05) is 0 Å². The zero-order valence-corrected chi connectivity index (χ0v) is 16.5. The summed E-state index contributed by atoms with van der Waals surface area (Å²) in [5.41, 5.74) is 2.04. The number of thiophene rings is 1. The van der Waals surface area contributed by atoms with Crippen molar-refractivity contribution in [2.75, 3.05) is 14.2 Å². The first-order valence-corrected chi connectivity index (χ1v) is 9.07. The molecule has 3 aromatic rings. The Hall–Kier alpha value is -4.06. The molecule has 0 saturated heterocycles. The molecule has 11 nitrogen and oxygen atoms in total. The molecule has 2 aromatic carbocycles. The highest BCUT2D eigenvalue weighted by Crippen LogP contribution is 2.33. The molecule has 154 valence electrons. The number of carbonyl (C=O) groups excluding carboxylic acids is 1. The van der Waals surface area contributed by atoms with Crippen LogP contribution in [0.2, 0.25) is 0 Å². The molecule has 1 N–H and O–H groups in total. The normalized spacial score (nSPS) is 10.9. The number of ether oxygens (including phenoxy) is 2. The quantitative estimate of drug-likeness (QED) is 0.343. The number of fused-ring (bicyclic) bond motifs is 1. The van der Waals surface area contributed by atoms with Gasteiger partial charge in [0.05, 0.1) is 46.8 Å². The SMILES string of the molecule is COc1cc(C=NNC(=O)c2cc3cc([N+](=O)[O-])ccc3s2)c([N+](=O)[O-])cc1OC. The lowest BCUT2D eigenvalue weighted by molar-refractivity contribution is -0.385. The van der Waals surface area contributed by atoms with E-state index in [9.17, 15) is 25.0 Å². The molecule has 0 spiro atoms. The van der Waals surface area contributed by atoms with Crippen molar-refractivity contribution in [1.29, 1.82) is 0 Å². The maximum absolute atomic E-state index is 12.3. The fourth-order valence-corrected chi connectivity index (χ4v) is 3.55. The molecular weight excluding hydrogens is 416 g/mol. The predicted molar refractivity (Wildman–Crippen MR) is 110 cm³/mol. The van der Waals surface area contributed by atoms with Gasteiger partial charge in [0.2, 0.25) is 0 Å². The lowest BCUT2D eigenvalue weighted by Gasteiger charge is -2.08. The second kappa shape index (κ2) is 8.53. The molecule has 0 aliphatic rings. The number of nitro groups is 2. The Bertz CT molecular complexity index is 1190. The molecule has 3 rings (SSSR count). The number of hydrogen-bond acceptors (Lipinski definition) is 9. The van der Waals surface area contributed by atoms with E-state index in [0.717, 1.165) is 17.6 Å². The third kappa shape index (κ3) is 4.17. The van der Waals surface area contributed by atoms with Gasteiger partial charge in [-0.3, -0.25) is 25.0 Å². The number of carbonyl (C=O) groups is 1. The number of hydrazone groups is 1.